The Morgan fingerprint density at radius 2 is 2.06 bits per heavy atom. The van der Waals surface area contributed by atoms with Crippen LogP contribution in [0.3, 0.4) is 0 Å². The van der Waals surface area contributed by atoms with Crippen LogP contribution in [0.2, 0.25) is 0 Å². The fourth-order valence-corrected chi connectivity index (χ4v) is 3.09. The Kier molecular flexibility index (Phi) is 3.93. The molecule has 0 aliphatic carbocycles. The number of rotatable bonds is 2. The zero-order valence-corrected chi connectivity index (χ0v) is 11.2. The van der Waals surface area contributed by atoms with Gasteiger partial charge in [-0.05, 0) is 22.5 Å². The van der Waals surface area contributed by atoms with E-state index in [9.17, 15) is 4.91 Å². The van der Waals surface area contributed by atoms with Crippen molar-refractivity contribution >= 4 is 33.3 Å². The highest BCUT2D eigenvalue weighted by Gasteiger charge is 2.39. The van der Waals surface area contributed by atoms with Crippen molar-refractivity contribution in [2.45, 2.75) is 12.1 Å². The molecule has 0 saturated carbocycles. The lowest BCUT2D eigenvalue weighted by molar-refractivity contribution is 0.310. The molecule has 1 aliphatic rings. The minimum Gasteiger partial charge on any atom is -0.410 e. The van der Waals surface area contributed by atoms with Gasteiger partial charge in [-0.2, -0.15) is 0 Å². The molecule has 5 nitrogen and oxygen atoms in total. The van der Waals surface area contributed by atoms with E-state index in [2.05, 4.69) is 10.3 Å². The molecule has 2 unspecified atom stereocenters. The molecule has 2 rings (SSSR count). The van der Waals surface area contributed by atoms with Gasteiger partial charge in [0.2, 0.25) is 0 Å². The summed E-state index contributed by atoms with van der Waals surface area (Å²) in [5.74, 6) is -0.393. The summed E-state index contributed by atoms with van der Waals surface area (Å²) in [6.07, 6.45) is -0.688. The van der Waals surface area contributed by atoms with Crippen molar-refractivity contribution in [2.75, 3.05) is 7.05 Å². The van der Waals surface area contributed by atoms with Crippen molar-refractivity contribution in [1.29, 1.82) is 0 Å². The van der Waals surface area contributed by atoms with Gasteiger partial charge in [0, 0.05) is 7.05 Å². The Balaban J connectivity index is 2.46. The van der Waals surface area contributed by atoms with E-state index in [1.165, 1.54) is 11.8 Å². The van der Waals surface area contributed by atoms with Gasteiger partial charge in [-0.3, -0.25) is 0 Å². The van der Waals surface area contributed by atoms with Gasteiger partial charge in [0.15, 0.2) is 6.17 Å². The van der Waals surface area contributed by atoms with Gasteiger partial charge in [0.1, 0.15) is 9.36 Å². The Morgan fingerprint density at radius 1 is 1.39 bits per heavy atom. The van der Waals surface area contributed by atoms with Gasteiger partial charge in [-0.15, -0.1) is 4.91 Å². The van der Waals surface area contributed by atoms with Gasteiger partial charge in [0.25, 0.3) is 0 Å². The lowest BCUT2D eigenvalue weighted by Gasteiger charge is -2.35. The highest BCUT2D eigenvalue weighted by atomic mass is 32.2. The van der Waals surface area contributed by atoms with Crippen LogP contribution in [0.15, 0.2) is 40.7 Å². The smallest absolute Gasteiger partial charge is 0.177 e. The molecule has 1 fully saturated rings. The zero-order valence-electron chi connectivity index (χ0n) is 9.56. The highest BCUT2D eigenvalue weighted by molar-refractivity contribution is 8.33. The molecule has 0 radical (unpaired) electrons. The number of nitrogens with zero attached hydrogens (tertiary/aromatic N) is 3. The summed E-state index contributed by atoms with van der Waals surface area (Å²) in [5, 5.41) is 15.9. The number of hydrogen-bond donors (Lipinski definition) is 1. The number of thiocarbonyl (C=S) groups is 1. The number of thioether (sulfide) groups is 1. The monoisotopic (exact) mass is 281 g/mol. The summed E-state index contributed by atoms with van der Waals surface area (Å²) in [6, 6.07) is 9.36. The maximum Gasteiger partial charge on any atom is 0.177 e. The van der Waals surface area contributed by atoms with Gasteiger partial charge < -0.3 is 10.1 Å². The summed E-state index contributed by atoms with van der Waals surface area (Å²) < 4.78 is 0.472. The van der Waals surface area contributed by atoms with Crippen LogP contribution < -0.4 is 0 Å². The molecule has 0 aromatic heterocycles. The minimum atomic E-state index is -0.688. The standard InChI is InChI=1S/C11H11N3O2S2/c1-14-9(12-15)8(7-5-3-2-4-6-7)10(13-16)18-11(14)17/h2-6,8-9,16H,1H3/b13-10-. The molecule has 1 aliphatic heterocycles. The van der Waals surface area contributed by atoms with Crippen molar-refractivity contribution in [3.8, 4) is 0 Å². The number of oxime groups is 1. The largest absolute Gasteiger partial charge is 0.410 e. The molecular weight excluding hydrogens is 270 g/mol. The van der Waals surface area contributed by atoms with Crippen LogP contribution in [-0.4, -0.2) is 32.7 Å². The topological polar surface area (TPSA) is 65.3 Å². The van der Waals surface area contributed by atoms with Crippen molar-refractivity contribution in [1.82, 2.24) is 4.90 Å². The van der Waals surface area contributed by atoms with Gasteiger partial charge in [0.05, 0.1) is 5.92 Å². The molecule has 0 amide bonds. The molecule has 1 aromatic rings. The molecule has 94 valence electrons. The van der Waals surface area contributed by atoms with E-state index in [-0.39, 0.29) is 0 Å². The van der Waals surface area contributed by atoms with Crippen molar-refractivity contribution < 1.29 is 5.21 Å². The Hall–Kier alpha value is -1.47. The van der Waals surface area contributed by atoms with Crippen molar-refractivity contribution in [3.05, 3.63) is 40.8 Å². The van der Waals surface area contributed by atoms with Gasteiger partial charge in [-0.25, -0.2) is 0 Å². The first kappa shape index (κ1) is 13.0. The van der Waals surface area contributed by atoms with Crippen LogP contribution in [0.5, 0.6) is 0 Å². The Bertz CT molecular complexity index is 492. The summed E-state index contributed by atoms with van der Waals surface area (Å²) in [5.41, 5.74) is 0.872. The van der Waals surface area contributed by atoms with Crippen LogP contribution in [0.25, 0.3) is 0 Å². The minimum absolute atomic E-state index is 0.393. The maximum atomic E-state index is 11.1. The second-order valence-corrected chi connectivity index (χ2v) is 5.48. The molecule has 18 heavy (non-hydrogen) atoms. The maximum absolute atomic E-state index is 11.1. The number of likely N-dealkylation sites (N-methyl/N-ethyl adjacent to an activating group) is 1. The SMILES string of the molecule is CN1C(=S)S/C(=N\O)C(c2ccccc2)C1N=O. The van der Waals surface area contributed by atoms with E-state index < -0.39 is 12.1 Å². The van der Waals surface area contributed by atoms with Crippen molar-refractivity contribution in [2.24, 2.45) is 10.3 Å². The average molecular weight is 281 g/mol. The summed E-state index contributed by atoms with van der Waals surface area (Å²) in [4.78, 5) is 12.7. The van der Waals surface area contributed by atoms with Crippen LogP contribution in [0.1, 0.15) is 11.5 Å². The van der Waals surface area contributed by atoms with Gasteiger partial charge >= 0.3 is 0 Å². The van der Waals surface area contributed by atoms with E-state index in [0.29, 0.717) is 9.36 Å². The first-order valence-electron chi connectivity index (χ1n) is 5.23. The third-order valence-corrected chi connectivity index (χ3v) is 4.35. The predicted octanol–water partition coefficient (Wildman–Crippen LogP) is 2.61. The summed E-state index contributed by atoms with van der Waals surface area (Å²) in [7, 11) is 1.71. The second kappa shape index (κ2) is 5.45. The Morgan fingerprint density at radius 3 is 2.61 bits per heavy atom. The quantitative estimate of drug-likeness (QED) is 0.391. The first-order chi connectivity index (χ1) is 8.69. The molecule has 7 heteroatoms. The molecule has 1 saturated heterocycles. The third-order valence-electron chi connectivity index (χ3n) is 2.81. The molecule has 1 heterocycles. The van der Waals surface area contributed by atoms with Crippen LogP contribution >= 0.6 is 24.0 Å². The number of hydrogen-bond acceptors (Lipinski definition) is 6. The highest BCUT2D eigenvalue weighted by Crippen LogP contribution is 2.36. The van der Waals surface area contributed by atoms with Crippen LogP contribution in [-0.2, 0) is 0 Å². The molecular formula is C11H11N3O2S2. The average Bonchev–Trinajstić information content (AvgIpc) is 2.42. The fraction of sp³-hybridized carbons (Fsp3) is 0.273. The molecule has 0 spiro atoms. The fourth-order valence-electron chi connectivity index (χ4n) is 1.87. The second-order valence-electron chi connectivity index (χ2n) is 3.82. The van der Waals surface area contributed by atoms with Crippen molar-refractivity contribution in [3.63, 3.8) is 0 Å². The zero-order chi connectivity index (χ0) is 13.1. The van der Waals surface area contributed by atoms with Gasteiger partial charge in [-0.1, -0.05) is 47.7 Å². The first-order valence-corrected chi connectivity index (χ1v) is 6.45. The van der Waals surface area contributed by atoms with Crippen LogP contribution in [0.4, 0.5) is 0 Å². The molecule has 1 aromatic carbocycles. The normalized spacial score (nSPS) is 26.4. The van der Waals surface area contributed by atoms with E-state index in [4.69, 9.17) is 17.4 Å². The number of benzene rings is 1. The predicted molar refractivity (Wildman–Crippen MR) is 75.9 cm³/mol. The summed E-state index contributed by atoms with van der Waals surface area (Å²) >= 11 is 6.29. The van der Waals surface area contributed by atoms with E-state index in [1.807, 2.05) is 30.3 Å². The molecule has 2 atom stereocenters. The Labute approximate surface area is 114 Å². The van der Waals surface area contributed by atoms with E-state index >= 15 is 0 Å². The summed E-state index contributed by atoms with van der Waals surface area (Å²) in [6.45, 7) is 0. The lowest BCUT2D eigenvalue weighted by Crippen LogP contribution is -2.44. The van der Waals surface area contributed by atoms with Crippen LogP contribution in [0, 0.1) is 4.91 Å². The molecule has 1 N–H and O–H groups in total. The number of nitroso groups, excluding NO2 is 1. The van der Waals surface area contributed by atoms with E-state index in [0.717, 1.165) is 5.56 Å². The third kappa shape index (κ3) is 2.23. The molecule has 0 bridgehead atoms. The van der Waals surface area contributed by atoms with E-state index in [1.54, 1.807) is 11.9 Å². The lowest BCUT2D eigenvalue weighted by atomic mass is 9.96.